The lowest BCUT2D eigenvalue weighted by Gasteiger charge is -2.19. The maximum absolute atomic E-state index is 13.8. The number of allylic oxidation sites excluding steroid dienone is 2. The van der Waals surface area contributed by atoms with Crippen molar-refractivity contribution in [2.45, 2.75) is 33.0 Å². The van der Waals surface area contributed by atoms with Crippen molar-refractivity contribution in [3.8, 4) is 0 Å². The summed E-state index contributed by atoms with van der Waals surface area (Å²) in [6.07, 6.45) is 5.47. The van der Waals surface area contributed by atoms with Gasteiger partial charge in [0.2, 0.25) is 0 Å². The molecule has 1 aromatic rings. The van der Waals surface area contributed by atoms with Gasteiger partial charge in [-0.05, 0) is 55.3 Å². The molecule has 0 saturated carbocycles. The molecule has 0 aliphatic heterocycles. The highest BCUT2D eigenvalue weighted by molar-refractivity contribution is 6.52. The van der Waals surface area contributed by atoms with Crippen molar-refractivity contribution in [2.24, 2.45) is 5.92 Å². The zero-order valence-corrected chi connectivity index (χ0v) is 10.9. The molecule has 1 atom stereocenters. The first-order valence-electron chi connectivity index (χ1n) is 6.50. The summed E-state index contributed by atoms with van der Waals surface area (Å²) in [7, 11) is -0.750. The summed E-state index contributed by atoms with van der Waals surface area (Å²) in [6, 6.07) is 5.15. The predicted molar refractivity (Wildman–Crippen MR) is 74.9 cm³/mol. The van der Waals surface area contributed by atoms with E-state index in [9.17, 15) is 9.41 Å². The van der Waals surface area contributed by atoms with Crippen LogP contribution in [0.4, 0.5) is 10.1 Å². The van der Waals surface area contributed by atoms with Crippen molar-refractivity contribution in [3.63, 3.8) is 0 Å². The molecule has 4 heteroatoms. The van der Waals surface area contributed by atoms with E-state index in [1.54, 1.807) is 19.0 Å². The van der Waals surface area contributed by atoms with Crippen LogP contribution in [0, 0.1) is 11.7 Å². The second kappa shape index (κ2) is 5.57. The topological polar surface area (TPSA) is 32.3 Å². The Morgan fingerprint density at radius 1 is 1.44 bits per heavy atom. The molecular formula is C14H19BFNO. The van der Waals surface area contributed by atoms with Crippen LogP contribution < -0.4 is 5.23 Å². The van der Waals surface area contributed by atoms with Crippen LogP contribution in [0.5, 0.6) is 0 Å². The normalized spacial score (nSPS) is 19.3. The molecule has 18 heavy (non-hydrogen) atoms. The molecule has 2 N–H and O–H groups in total. The van der Waals surface area contributed by atoms with Crippen molar-refractivity contribution in [1.82, 2.24) is 0 Å². The third kappa shape index (κ3) is 3.13. The summed E-state index contributed by atoms with van der Waals surface area (Å²) in [5.41, 5.74) is 2.53. The van der Waals surface area contributed by atoms with Crippen molar-refractivity contribution >= 4 is 18.3 Å². The Balaban J connectivity index is 2.18. The second-order valence-corrected chi connectivity index (χ2v) is 5.12. The molecule has 96 valence electrons. The molecule has 0 saturated heterocycles. The van der Waals surface area contributed by atoms with E-state index in [2.05, 4.69) is 18.2 Å². The van der Waals surface area contributed by atoms with E-state index in [0.717, 1.165) is 24.3 Å². The molecule has 0 radical (unpaired) electrons. The first-order chi connectivity index (χ1) is 8.56. The van der Waals surface area contributed by atoms with Gasteiger partial charge in [0.25, 0.3) is 0 Å². The Morgan fingerprint density at radius 2 is 2.22 bits per heavy atom. The van der Waals surface area contributed by atoms with Crippen molar-refractivity contribution < 1.29 is 9.41 Å². The lowest BCUT2D eigenvalue weighted by atomic mass is 9.86. The molecule has 0 spiro atoms. The number of benzene rings is 1. The molecule has 1 aromatic carbocycles. The fraction of sp³-hybridized carbons (Fsp3) is 0.429. The third-order valence-corrected chi connectivity index (χ3v) is 3.38. The number of hydrogen-bond donors (Lipinski definition) is 2. The fourth-order valence-corrected chi connectivity index (χ4v) is 2.28. The standard InChI is InChI=1S/C14H19BFNO/c1-10-3-5-11(6-4-10)12-7-8-14(13(16)9-12)17-15(2)18/h5,7-10,17-18H,3-4,6H2,1-2H3. The summed E-state index contributed by atoms with van der Waals surface area (Å²) < 4.78 is 13.8. The summed E-state index contributed by atoms with van der Waals surface area (Å²) >= 11 is 0. The molecule has 0 amide bonds. The van der Waals surface area contributed by atoms with Gasteiger partial charge >= 0.3 is 7.05 Å². The van der Waals surface area contributed by atoms with E-state index < -0.39 is 7.05 Å². The highest BCUT2D eigenvalue weighted by atomic mass is 19.1. The summed E-state index contributed by atoms with van der Waals surface area (Å²) in [5, 5.41) is 11.9. The van der Waals surface area contributed by atoms with E-state index in [4.69, 9.17) is 0 Å². The zero-order valence-electron chi connectivity index (χ0n) is 10.9. The quantitative estimate of drug-likeness (QED) is 0.800. The summed E-state index contributed by atoms with van der Waals surface area (Å²) in [5.74, 6) is 0.419. The zero-order chi connectivity index (χ0) is 13.1. The Bertz CT molecular complexity index is 459. The average Bonchev–Trinajstić information content (AvgIpc) is 2.32. The Labute approximate surface area is 108 Å². The van der Waals surface area contributed by atoms with Crippen LogP contribution >= 0.6 is 0 Å². The lowest BCUT2D eigenvalue weighted by Crippen LogP contribution is -2.20. The number of nitrogens with one attached hydrogen (secondary N) is 1. The third-order valence-electron chi connectivity index (χ3n) is 3.38. The molecule has 0 fully saturated rings. The van der Waals surface area contributed by atoms with Gasteiger partial charge in [0.05, 0.1) is 5.69 Å². The minimum atomic E-state index is -0.750. The molecule has 1 aliphatic rings. The van der Waals surface area contributed by atoms with E-state index in [0.29, 0.717) is 5.69 Å². The van der Waals surface area contributed by atoms with Gasteiger partial charge in [-0.3, -0.25) is 0 Å². The SMILES string of the molecule is CB(O)Nc1ccc(C2=CCC(C)CC2)cc1F. The van der Waals surface area contributed by atoms with Gasteiger partial charge in [-0.25, -0.2) is 4.39 Å². The first kappa shape index (κ1) is 13.2. The maximum atomic E-state index is 13.8. The number of halogens is 1. The van der Waals surface area contributed by atoms with Crippen LogP contribution in [0.1, 0.15) is 31.7 Å². The molecule has 0 bridgehead atoms. The van der Waals surface area contributed by atoms with E-state index >= 15 is 0 Å². The molecular weight excluding hydrogens is 228 g/mol. The molecule has 0 aromatic heterocycles. The van der Waals surface area contributed by atoms with E-state index in [1.807, 2.05) is 6.07 Å². The smallest absolute Gasteiger partial charge is 0.406 e. The van der Waals surface area contributed by atoms with Crippen LogP contribution in [0.15, 0.2) is 24.3 Å². The fourth-order valence-electron chi connectivity index (χ4n) is 2.28. The molecule has 2 nitrogen and oxygen atoms in total. The van der Waals surface area contributed by atoms with Gasteiger partial charge in [0.1, 0.15) is 5.82 Å². The number of anilines is 1. The molecule has 1 aliphatic carbocycles. The van der Waals surface area contributed by atoms with Gasteiger partial charge in [-0.2, -0.15) is 0 Å². The van der Waals surface area contributed by atoms with Gasteiger partial charge in [0.15, 0.2) is 0 Å². The monoisotopic (exact) mass is 247 g/mol. The maximum Gasteiger partial charge on any atom is 0.406 e. The van der Waals surface area contributed by atoms with Gasteiger partial charge in [-0.15, -0.1) is 0 Å². The number of rotatable bonds is 3. The minimum absolute atomic E-state index is 0.312. The van der Waals surface area contributed by atoms with Crippen molar-refractivity contribution in [2.75, 3.05) is 5.23 Å². The highest BCUT2D eigenvalue weighted by Gasteiger charge is 2.14. The summed E-state index contributed by atoms with van der Waals surface area (Å²) in [6.45, 7) is 3.81. The number of hydrogen-bond acceptors (Lipinski definition) is 2. The highest BCUT2D eigenvalue weighted by Crippen LogP contribution is 2.31. The van der Waals surface area contributed by atoms with Crippen LogP contribution in [0.2, 0.25) is 6.82 Å². The second-order valence-electron chi connectivity index (χ2n) is 5.12. The molecule has 2 rings (SSSR count). The summed E-state index contributed by atoms with van der Waals surface area (Å²) in [4.78, 5) is 0. The van der Waals surface area contributed by atoms with E-state index in [1.165, 1.54) is 12.0 Å². The van der Waals surface area contributed by atoms with Crippen molar-refractivity contribution in [3.05, 3.63) is 35.7 Å². The lowest BCUT2D eigenvalue weighted by molar-refractivity contribution is 0.533. The predicted octanol–water partition coefficient (Wildman–Crippen LogP) is 3.55. The minimum Gasteiger partial charge on any atom is -0.433 e. The van der Waals surface area contributed by atoms with Gasteiger partial charge < -0.3 is 10.3 Å². The Kier molecular flexibility index (Phi) is 4.07. The van der Waals surface area contributed by atoms with Crippen LogP contribution in [0.3, 0.4) is 0 Å². The first-order valence-corrected chi connectivity index (χ1v) is 6.50. The Hall–Kier alpha value is -1.29. The van der Waals surface area contributed by atoms with Crippen LogP contribution in [0.25, 0.3) is 5.57 Å². The Morgan fingerprint density at radius 3 is 2.78 bits per heavy atom. The van der Waals surface area contributed by atoms with Crippen LogP contribution in [-0.2, 0) is 0 Å². The van der Waals surface area contributed by atoms with Crippen LogP contribution in [-0.4, -0.2) is 12.1 Å². The average molecular weight is 247 g/mol. The van der Waals surface area contributed by atoms with E-state index in [-0.39, 0.29) is 5.82 Å². The van der Waals surface area contributed by atoms with Gasteiger partial charge in [-0.1, -0.05) is 19.1 Å². The molecule has 0 heterocycles. The van der Waals surface area contributed by atoms with Crippen molar-refractivity contribution in [1.29, 1.82) is 0 Å². The largest absolute Gasteiger partial charge is 0.433 e. The molecule has 1 unspecified atom stereocenters. The van der Waals surface area contributed by atoms with Gasteiger partial charge in [0, 0.05) is 0 Å².